The van der Waals surface area contributed by atoms with E-state index in [1.165, 1.54) is 20.2 Å². The molecule has 0 radical (unpaired) electrons. The van der Waals surface area contributed by atoms with Crippen LogP contribution in [0.3, 0.4) is 0 Å². The smallest absolute Gasteiger partial charge is 0.373 e. The third-order valence-corrected chi connectivity index (χ3v) is 2.82. The number of methoxy groups -OCH3 is 1. The van der Waals surface area contributed by atoms with Crippen LogP contribution in [0.15, 0.2) is 53.6 Å². The predicted molar refractivity (Wildman–Crippen MR) is 87.3 cm³/mol. The molecular weight excluding hydrogens is 312 g/mol. The zero-order valence-corrected chi connectivity index (χ0v) is 13.2. The zero-order valence-electron chi connectivity index (χ0n) is 13.2. The van der Waals surface area contributed by atoms with Crippen LogP contribution in [0.25, 0.3) is 0 Å². The Hall–Kier alpha value is -3.26. The number of phenolic OH excluding ortho intramolecular Hbond substituents is 1. The van der Waals surface area contributed by atoms with Crippen molar-refractivity contribution in [3.63, 3.8) is 0 Å². The number of hydrogen-bond donors (Lipinski definition) is 4. The number of rotatable bonds is 4. The van der Waals surface area contributed by atoms with E-state index in [0.717, 1.165) is 0 Å². The molecular formula is C16H18N4O4. The number of urea groups is 1. The normalized spacial score (nSPS) is 9.25. The van der Waals surface area contributed by atoms with E-state index in [1.54, 1.807) is 36.4 Å². The Balaban J connectivity index is 0.000000351. The summed E-state index contributed by atoms with van der Waals surface area (Å²) in [6.07, 6.45) is 0. The maximum Gasteiger partial charge on any atom is 0.373 e. The lowest BCUT2D eigenvalue weighted by Gasteiger charge is -2.06. The highest BCUT2D eigenvalue weighted by Gasteiger charge is 2.13. The van der Waals surface area contributed by atoms with Crippen LogP contribution in [-0.4, -0.2) is 31.1 Å². The lowest BCUT2D eigenvalue weighted by atomic mass is 10.0. The largest absolute Gasteiger partial charge is 0.507 e. The van der Waals surface area contributed by atoms with Crippen molar-refractivity contribution in [2.24, 2.45) is 5.11 Å². The summed E-state index contributed by atoms with van der Waals surface area (Å²) in [5.41, 5.74) is 11.3. The standard InChI is InChI=1S/C14H12O3.C2H6N4O/c1-17-11-7-8-12(13(15)9-11)14(16)10-5-3-2-4-6-10;1-4-6-2(7)5-3/h2-9,15H,1H3;3-4H,1H3,(H,6,7). The summed E-state index contributed by atoms with van der Waals surface area (Å²) in [6.45, 7) is 0. The Labute approximate surface area is 138 Å². The number of carbonyl (C=O) groups excluding carboxylic acids is 2. The average molecular weight is 330 g/mol. The van der Waals surface area contributed by atoms with Crippen LogP contribution in [0.2, 0.25) is 0 Å². The summed E-state index contributed by atoms with van der Waals surface area (Å²) < 4.78 is 4.96. The van der Waals surface area contributed by atoms with Gasteiger partial charge in [0, 0.05) is 18.7 Å². The molecule has 0 unspecified atom stereocenters. The van der Waals surface area contributed by atoms with Gasteiger partial charge in [-0.05, 0) is 12.1 Å². The molecule has 0 bridgehead atoms. The quantitative estimate of drug-likeness (QED) is 0.389. The van der Waals surface area contributed by atoms with Gasteiger partial charge in [0.25, 0.3) is 0 Å². The Morgan fingerprint density at radius 2 is 1.83 bits per heavy atom. The molecule has 0 saturated heterocycles. The minimum atomic E-state index is -0.692. The highest BCUT2D eigenvalue weighted by Crippen LogP contribution is 2.25. The number of hydrogen-bond acceptors (Lipinski definition) is 6. The molecule has 4 N–H and O–H groups in total. The van der Waals surface area contributed by atoms with Gasteiger partial charge in [-0.15, -0.1) is 0 Å². The first-order chi connectivity index (χ1) is 11.5. The highest BCUT2D eigenvalue weighted by molar-refractivity contribution is 6.10. The van der Waals surface area contributed by atoms with E-state index < -0.39 is 6.03 Å². The van der Waals surface area contributed by atoms with Gasteiger partial charge in [0.05, 0.1) is 12.7 Å². The third kappa shape index (κ3) is 5.50. The number of hydrazine groups is 1. The summed E-state index contributed by atoms with van der Waals surface area (Å²) in [7, 11) is 3.02. The zero-order chi connectivity index (χ0) is 17.9. The van der Waals surface area contributed by atoms with Crippen molar-refractivity contribution in [2.75, 3.05) is 14.2 Å². The number of ether oxygens (including phenoxy) is 1. The first-order valence-corrected chi connectivity index (χ1v) is 6.84. The van der Waals surface area contributed by atoms with Crippen molar-refractivity contribution in [1.29, 1.82) is 5.53 Å². The lowest BCUT2D eigenvalue weighted by molar-refractivity contribution is 0.103. The maximum absolute atomic E-state index is 12.1. The van der Waals surface area contributed by atoms with Crippen molar-refractivity contribution in [2.45, 2.75) is 0 Å². The van der Waals surface area contributed by atoms with E-state index in [2.05, 4.69) is 16.0 Å². The molecule has 0 aliphatic heterocycles. The molecule has 0 spiro atoms. The van der Waals surface area contributed by atoms with Gasteiger partial charge in [0.1, 0.15) is 11.5 Å². The molecule has 24 heavy (non-hydrogen) atoms. The number of phenols is 1. The summed E-state index contributed by atoms with van der Waals surface area (Å²) in [6, 6.07) is 12.8. The van der Waals surface area contributed by atoms with Gasteiger partial charge in [0.15, 0.2) is 5.78 Å². The topological polar surface area (TPSA) is 124 Å². The minimum absolute atomic E-state index is 0.0711. The van der Waals surface area contributed by atoms with Gasteiger partial charge >= 0.3 is 6.03 Å². The van der Waals surface area contributed by atoms with Crippen LogP contribution in [0.5, 0.6) is 11.5 Å². The van der Waals surface area contributed by atoms with Crippen molar-refractivity contribution in [3.05, 3.63) is 59.7 Å². The van der Waals surface area contributed by atoms with Gasteiger partial charge in [-0.2, -0.15) is 5.53 Å². The molecule has 0 aliphatic carbocycles. The molecule has 8 nitrogen and oxygen atoms in total. The van der Waals surface area contributed by atoms with E-state index in [4.69, 9.17) is 10.3 Å². The predicted octanol–water partition coefficient (Wildman–Crippen LogP) is 2.49. The molecule has 0 atom stereocenters. The van der Waals surface area contributed by atoms with Crippen molar-refractivity contribution < 1.29 is 19.4 Å². The molecule has 0 fully saturated rings. The van der Waals surface area contributed by atoms with Crippen molar-refractivity contribution in [1.82, 2.24) is 10.9 Å². The Morgan fingerprint density at radius 1 is 1.17 bits per heavy atom. The summed E-state index contributed by atoms with van der Waals surface area (Å²) in [5, 5.41) is 12.3. The van der Waals surface area contributed by atoms with Crippen molar-refractivity contribution in [3.8, 4) is 11.5 Å². The molecule has 2 aromatic rings. The lowest BCUT2D eigenvalue weighted by Crippen LogP contribution is -2.31. The summed E-state index contributed by atoms with van der Waals surface area (Å²) in [4.78, 5) is 21.9. The fourth-order valence-electron chi connectivity index (χ4n) is 1.71. The number of carbonyl (C=O) groups is 2. The van der Waals surface area contributed by atoms with Crippen LogP contribution in [-0.2, 0) is 0 Å². The molecule has 8 heteroatoms. The molecule has 0 saturated carbocycles. The number of benzene rings is 2. The summed E-state index contributed by atoms with van der Waals surface area (Å²) >= 11 is 0. The number of nitrogens with zero attached hydrogens (tertiary/aromatic N) is 1. The van der Waals surface area contributed by atoms with Gasteiger partial charge in [-0.25, -0.2) is 10.2 Å². The highest BCUT2D eigenvalue weighted by atomic mass is 16.5. The Morgan fingerprint density at radius 3 is 2.29 bits per heavy atom. The molecule has 0 aromatic heterocycles. The van der Waals surface area contributed by atoms with E-state index in [0.29, 0.717) is 11.3 Å². The van der Waals surface area contributed by atoms with Crippen LogP contribution in [0, 0.1) is 5.53 Å². The first-order valence-electron chi connectivity index (χ1n) is 6.84. The van der Waals surface area contributed by atoms with E-state index in [1.807, 2.05) is 6.07 Å². The maximum atomic E-state index is 12.1. The molecule has 2 amide bonds. The molecule has 126 valence electrons. The fraction of sp³-hybridized carbons (Fsp3) is 0.125. The number of nitrogens with one attached hydrogen (secondary N) is 3. The second kappa shape index (κ2) is 9.70. The van der Waals surface area contributed by atoms with Crippen molar-refractivity contribution >= 4 is 11.8 Å². The second-order valence-corrected chi connectivity index (χ2v) is 4.37. The second-order valence-electron chi connectivity index (χ2n) is 4.37. The Kier molecular flexibility index (Phi) is 7.59. The third-order valence-electron chi connectivity index (χ3n) is 2.82. The van der Waals surface area contributed by atoms with Crippen LogP contribution < -0.4 is 15.6 Å². The monoisotopic (exact) mass is 330 g/mol. The Bertz CT molecular complexity index is 704. The van der Waals surface area contributed by atoms with E-state index in [9.17, 15) is 14.7 Å². The van der Waals surface area contributed by atoms with E-state index in [-0.39, 0.29) is 17.1 Å². The minimum Gasteiger partial charge on any atom is -0.507 e. The number of ketones is 1. The molecule has 2 rings (SSSR count). The SMILES string of the molecule is CNNC(=O)N=N.COc1ccc(C(=O)c2ccccc2)c(O)c1. The summed E-state index contributed by atoms with van der Waals surface area (Å²) in [5.74, 6) is 0.246. The number of amides is 2. The van der Waals surface area contributed by atoms with Gasteiger partial charge < -0.3 is 9.84 Å². The van der Waals surface area contributed by atoms with Gasteiger partial charge in [-0.1, -0.05) is 35.4 Å². The molecule has 0 aliphatic rings. The van der Waals surface area contributed by atoms with Crippen LogP contribution in [0.1, 0.15) is 15.9 Å². The van der Waals surface area contributed by atoms with Gasteiger partial charge in [0.2, 0.25) is 0 Å². The van der Waals surface area contributed by atoms with E-state index >= 15 is 0 Å². The average Bonchev–Trinajstić information content (AvgIpc) is 2.62. The fourth-order valence-corrected chi connectivity index (χ4v) is 1.71. The van der Waals surface area contributed by atoms with Crippen LogP contribution >= 0.6 is 0 Å². The molecule has 0 heterocycles. The molecule has 2 aromatic carbocycles. The van der Waals surface area contributed by atoms with Crippen LogP contribution in [0.4, 0.5) is 4.79 Å². The number of aromatic hydroxyl groups is 1. The first kappa shape index (κ1) is 18.8. The van der Waals surface area contributed by atoms with Gasteiger partial charge in [-0.3, -0.25) is 10.2 Å².